The lowest BCUT2D eigenvalue weighted by molar-refractivity contribution is 0.131. The van der Waals surface area contributed by atoms with Gasteiger partial charge in [-0.2, -0.15) is 0 Å². The first-order valence-electron chi connectivity index (χ1n) is 4.27. The second-order valence-electron chi connectivity index (χ2n) is 3.02. The molecule has 0 bridgehead atoms. The van der Waals surface area contributed by atoms with Crippen LogP contribution in [0.15, 0.2) is 24.3 Å². The van der Waals surface area contributed by atoms with Gasteiger partial charge in [-0.25, -0.2) is 4.79 Å². The first-order valence-corrected chi connectivity index (χ1v) is 4.27. The van der Waals surface area contributed by atoms with Gasteiger partial charge in [-0.1, -0.05) is 18.2 Å². The average Bonchev–Trinajstić information content (AvgIpc) is 2.20. The number of para-hydroxylation sites is 1. The lowest BCUT2D eigenvalue weighted by Gasteiger charge is -2.16. The van der Waals surface area contributed by atoms with Gasteiger partial charge in [0.2, 0.25) is 0 Å². The summed E-state index contributed by atoms with van der Waals surface area (Å²) in [6.45, 7) is 0.458. The zero-order valence-electron chi connectivity index (χ0n) is 8.36. The number of anilines is 1. The maximum Gasteiger partial charge on any atom is 0.409 e. The fourth-order valence-corrected chi connectivity index (χ4v) is 1.15. The summed E-state index contributed by atoms with van der Waals surface area (Å²) < 4.78 is 4.57. The van der Waals surface area contributed by atoms with Gasteiger partial charge in [-0.3, -0.25) is 0 Å². The third-order valence-electron chi connectivity index (χ3n) is 1.95. The summed E-state index contributed by atoms with van der Waals surface area (Å²) in [5, 5.41) is 0. The van der Waals surface area contributed by atoms with Crippen molar-refractivity contribution in [2.24, 2.45) is 0 Å². The van der Waals surface area contributed by atoms with Crippen LogP contribution < -0.4 is 5.73 Å². The third kappa shape index (κ3) is 2.39. The summed E-state index contributed by atoms with van der Waals surface area (Å²) >= 11 is 0. The molecule has 0 aliphatic rings. The number of methoxy groups -OCH3 is 1. The Bertz CT molecular complexity index is 326. The number of hydrogen-bond acceptors (Lipinski definition) is 3. The average molecular weight is 194 g/mol. The largest absolute Gasteiger partial charge is 0.453 e. The molecule has 1 aromatic carbocycles. The number of hydrogen-bond donors (Lipinski definition) is 1. The van der Waals surface area contributed by atoms with Gasteiger partial charge in [-0.15, -0.1) is 0 Å². The molecule has 0 saturated carbocycles. The molecule has 14 heavy (non-hydrogen) atoms. The summed E-state index contributed by atoms with van der Waals surface area (Å²) in [4.78, 5) is 12.6. The molecule has 0 heterocycles. The van der Waals surface area contributed by atoms with Gasteiger partial charge in [-0.05, 0) is 11.6 Å². The van der Waals surface area contributed by atoms with Crippen LogP contribution in [0.2, 0.25) is 0 Å². The summed E-state index contributed by atoms with van der Waals surface area (Å²) in [5.74, 6) is 0. The Morgan fingerprint density at radius 1 is 1.50 bits per heavy atom. The van der Waals surface area contributed by atoms with Crippen molar-refractivity contribution in [3.8, 4) is 0 Å². The summed E-state index contributed by atoms with van der Waals surface area (Å²) in [5.41, 5.74) is 7.33. The zero-order valence-corrected chi connectivity index (χ0v) is 8.36. The topological polar surface area (TPSA) is 55.6 Å². The molecule has 0 unspecified atom stereocenters. The second-order valence-corrected chi connectivity index (χ2v) is 3.02. The summed E-state index contributed by atoms with van der Waals surface area (Å²) in [6.07, 6.45) is -0.367. The van der Waals surface area contributed by atoms with Crippen LogP contribution in [0.5, 0.6) is 0 Å². The van der Waals surface area contributed by atoms with Crippen LogP contribution in [0.1, 0.15) is 5.56 Å². The minimum atomic E-state index is -0.367. The SMILES string of the molecule is COC(=O)N(C)Cc1ccccc1N. The number of ether oxygens (including phenoxy) is 1. The molecule has 0 aliphatic carbocycles. The molecule has 76 valence electrons. The number of amides is 1. The zero-order chi connectivity index (χ0) is 10.6. The van der Waals surface area contributed by atoms with Crippen molar-refractivity contribution in [2.45, 2.75) is 6.54 Å². The Kier molecular flexibility index (Phi) is 3.34. The van der Waals surface area contributed by atoms with Crippen molar-refractivity contribution in [2.75, 3.05) is 19.9 Å². The monoisotopic (exact) mass is 194 g/mol. The van der Waals surface area contributed by atoms with E-state index in [4.69, 9.17) is 5.73 Å². The van der Waals surface area contributed by atoms with E-state index in [1.165, 1.54) is 12.0 Å². The minimum Gasteiger partial charge on any atom is -0.453 e. The quantitative estimate of drug-likeness (QED) is 0.725. The summed E-state index contributed by atoms with van der Waals surface area (Å²) in [7, 11) is 3.02. The number of carbonyl (C=O) groups excluding carboxylic acids is 1. The fourth-order valence-electron chi connectivity index (χ4n) is 1.15. The van der Waals surface area contributed by atoms with E-state index >= 15 is 0 Å². The molecule has 0 saturated heterocycles. The molecule has 0 radical (unpaired) electrons. The van der Waals surface area contributed by atoms with Crippen molar-refractivity contribution in [3.05, 3.63) is 29.8 Å². The summed E-state index contributed by atoms with van der Waals surface area (Å²) in [6, 6.07) is 7.43. The van der Waals surface area contributed by atoms with Crippen LogP contribution in [-0.2, 0) is 11.3 Å². The molecule has 0 spiro atoms. The van der Waals surface area contributed by atoms with Gasteiger partial charge in [0.1, 0.15) is 0 Å². The minimum absolute atomic E-state index is 0.367. The molecule has 4 nitrogen and oxygen atoms in total. The molecule has 0 atom stereocenters. The lowest BCUT2D eigenvalue weighted by Crippen LogP contribution is -2.26. The van der Waals surface area contributed by atoms with E-state index in [2.05, 4.69) is 4.74 Å². The van der Waals surface area contributed by atoms with E-state index in [0.717, 1.165) is 5.56 Å². The third-order valence-corrected chi connectivity index (χ3v) is 1.95. The van der Waals surface area contributed by atoms with Crippen molar-refractivity contribution in [1.82, 2.24) is 4.90 Å². The molecule has 2 N–H and O–H groups in total. The Morgan fingerprint density at radius 3 is 2.71 bits per heavy atom. The number of carbonyl (C=O) groups is 1. The normalized spacial score (nSPS) is 9.57. The highest BCUT2D eigenvalue weighted by atomic mass is 16.5. The van der Waals surface area contributed by atoms with Crippen molar-refractivity contribution >= 4 is 11.8 Å². The van der Waals surface area contributed by atoms with Crippen LogP contribution in [0.4, 0.5) is 10.5 Å². The number of nitrogens with zero attached hydrogens (tertiary/aromatic N) is 1. The van der Waals surface area contributed by atoms with Crippen molar-refractivity contribution < 1.29 is 9.53 Å². The predicted molar refractivity (Wildman–Crippen MR) is 54.7 cm³/mol. The van der Waals surface area contributed by atoms with Crippen LogP contribution in [0.25, 0.3) is 0 Å². The number of nitrogen functional groups attached to an aromatic ring is 1. The lowest BCUT2D eigenvalue weighted by atomic mass is 10.2. The molecule has 1 aromatic rings. The van der Waals surface area contributed by atoms with E-state index in [1.807, 2.05) is 18.2 Å². The Balaban J connectivity index is 2.69. The maximum absolute atomic E-state index is 11.1. The van der Waals surface area contributed by atoms with E-state index in [9.17, 15) is 4.79 Å². The second kappa shape index (κ2) is 4.50. The van der Waals surface area contributed by atoms with Gasteiger partial charge < -0.3 is 15.4 Å². The Hall–Kier alpha value is -1.71. The van der Waals surface area contributed by atoms with Crippen LogP contribution in [0.3, 0.4) is 0 Å². The first-order chi connectivity index (χ1) is 6.65. The molecular formula is C10H14N2O2. The predicted octanol–water partition coefficient (Wildman–Crippen LogP) is 1.47. The van der Waals surface area contributed by atoms with Gasteiger partial charge in [0.05, 0.1) is 13.7 Å². The highest BCUT2D eigenvalue weighted by Crippen LogP contribution is 2.12. The molecule has 0 aromatic heterocycles. The molecule has 1 rings (SSSR count). The van der Waals surface area contributed by atoms with Crippen LogP contribution in [-0.4, -0.2) is 25.2 Å². The van der Waals surface area contributed by atoms with Crippen molar-refractivity contribution in [1.29, 1.82) is 0 Å². The van der Waals surface area contributed by atoms with Gasteiger partial charge in [0, 0.05) is 12.7 Å². The van der Waals surface area contributed by atoms with Gasteiger partial charge in [0.15, 0.2) is 0 Å². The van der Waals surface area contributed by atoms with Crippen LogP contribution in [0, 0.1) is 0 Å². The smallest absolute Gasteiger partial charge is 0.409 e. The molecule has 4 heteroatoms. The molecule has 0 fully saturated rings. The van der Waals surface area contributed by atoms with Gasteiger partial charge in [0.25, 0.3) is 0 Å². The standard InChI is InChI=1S/C10H14N2O2/c1-12(10(13)14-2)7-8-5-3-4-6-9(8)11/h3-6H,7,11H2,1-2H3. The first kappa shape index (κ1) is 10.4. The van der Waals surface area contributed by atoms with Gasteiger partial charge >= 0.3 is 6.09 Å². The van der Waals surface area contributed by atoms with E-state index in [1.54, 1.807) is 13.1 Å². The number of rotatable bonds is 2. The molecular weight excluding hydrogens is 180 g/mol. The highest BCUT2D eigenvalue weighted by molar-refractivity contribution is 5.67. The molecule has 0 aliphatic heterocycles. The van der Waals surface area contributed by atoms with Crippen molar-refractivity contribution in [3.63, 3.8) is 0 Å². The van der Waals surface area contributed by atoms with Crippen LogP contribution >= 0.6 is 0 Å². The number of nitrogens with two attached hydrogens (primary N) is 1. The molecule has 1 amide bonds. The van der Waals surface area contributed by atoms with E-state index in [-0.39, 0.29) is 6.09 Å². The highest BCUT2D eigenvalue weighted by Gasteiger charge is 2.09. The van der Waals surface area contributed by atoms with E-state index in [0.29, 0.717) is 12.2 Å². The number of benzene rings is 1. The Morgan fingerprint density at radius 2 is 2.14 bits per heavy atom. The van der Waals surface area contributed by atoms with E-state index < -0.39 is 0 Å². The fraction of sp³-hybridized carbons (Fsp3) is 0.300. The Labute approximate surface area is 83.3 Å². The maximum atomic E-state index is 11.1.